The highest BCUT2D eigenvalue weighted by molar-refractivity contribution is 5.88. The first-order valence-electron chi connectivity index (χ1n) is 7.31. The molecule has 0 bridgehead atoms. The number of carbonyl (C=O) groups is 2. The first-order valence-corrected chi connectivity index (χ1v) is 7.31. The highest BCUT2D eigenvalue weighted by Crippen LogP contribution is 2.25. The van der Waals surface area contributed by atoms with Gasteiger partial charge in [-0.2, -0.15) is 0 Å². The Morgan fingerprint density at radius 2 is 2.09 bits per heavy atom. The van der Waals surface area contributed by atoms with Crippen LogP contribution >= 0.6 is 0 Å². The van der Waals surface area contributed by atoms with E-state index in [0.717, 1.165) is 5.56 Å². The summed E-state index contributed by atoms with van der Waals surface area (Å²) in [4.78, 5) is 30.0. The van der Waals surface area contributed by atoms with Crippen molar-refractivity contribution in [3.05, 3.63) is 23.9 Å². The lowest BCUT2D eigenvalue weighted by Crippen LogP contribution is -2.45. The molecule has 1 fully saturated rings. The summed E-state index contributed by atoms with van der Waals surface area (Å²) in [6.45, 7) is 6.19. The Labute approximate surface area is 130 Å². The molecule has 0 saturated carbocycles. The molecule has 120 valence electrons. The Hall–Kier alpha value is -2.11. The van der Waals surface area contributed by atoms with Crippen LogP contribution < -0.4 is 4.74 Å². The summed E-state index contributed by atoms with van der Waals surface area (Å²) in [7, 11) is 1.54. The average Bonchev–Trinajstić information content (AvgIpc) is 2.46. The molecule has 2 heterocycles. The number of ether oxygens (including phenoxy) is 2. The fraction of sp³-hybridized carbons (Fsp3) is 0.562. The molecular weight excluding hydrogens is 284 g/mol. The van der Waals surface area contributed by atoms with Crippen LogP contribution in [0.5, 0.6) is 5.88 Å². The lowest BCUT2D eigenvalue weighted by molar-refractivity contribution is -0.123. The number of pyridine rings is 1. The third-order valence-electron chi connectivity index (χ3n) is 3.44. The molecule has 6 heteroatoms. The summed E-state index contributed by atoms with van der Waals surface area (Å²) in [6.07, 6.45) is 1.57. The zero-order chi connectivity index (χ0) is 16.3. The molecule has 1 aliphatic rings. The van der Waals surface area contributed by atoms with Crippen molar-refractivity contribution in [2.24, 2.45) is 0 Å². The molecule has 0 aromatic carbocycles. The molecule has 0 N–H and O–H groups in total. The number of likely N-dealkylation sites (tertiary alicyclic amines) is 1. The zero-order valence-corrected chi connectivity index (χ0v) is 13.5. The monoisotopic (exact) mass is 306 g/mol. The maximum atomic E-state index is 12.2. The van der Waals surface area contributed by atoms with Crippen LogP contribution in [0.1, 0.15) is 38.7 Å². The molecular formula is C16H22N2O4. The van der Waals surface area contributed by atoms with Gasteiger partial charge in [0.25, 0.3) is 0 Å². The molecule has 0 spiro atoms. The van der Waals surface area contributed by atoms with Gasteiger partial charge in [0.2, 0.25) is 5.88 Å². The van der Waals surface area contributed by atoms with Crippen LogP contribution in [0, 0.1) is 0 Å². The summed E-state index contributed by atoms with van der Waals surface area (Å²) < 4.78 is 10.4. The second-order valence-electron chi connectivity index (χ2n) is 6.33. The van der Waals surface area contributed by atoms with Crippen molar-refractivity contribution in [2.45, 2.75) is 38.7 Å². The molecule has 2 rings (SSSR count). The van der Waals surface area contributed by atoms with Crippen LogP contribution in [0.15, 0.2) is 18.3 Å². The number of rotatable bonds is 2. The molecule has 6 nitrogen and oxygen atoms in total. The van der Waals surface area contributed by atoms with E-state index in [2.05, 4.69) is 4.98 Å². The third-order valence-corrected chi connectivity index (χ3v) is 3.44. The van der Waals surface area contributed by atoms with Gasteiger partial charge in [-0.3, -0.25) is 4.79 Å². The van der Waals surface area contributed by atoms with Gasteiger partial charge in [0.15, 0.2) is 0 Å². The van der Waals surface area contributed by atoms with E-state index in [0.29, 0.717) is 25.4 Å². The molecule has 1 aromatic heterocycles. The minimum atomic E-state index is -0.546. The summed E-state index contributed by atoms with van der Waals surface area (Å²) in [5.74, 6) is 0.252. The molecule has 0 radical (unpaired) electrons. The first-order chi connectivity index (χ1) is 10.3. The van der Waals surface area contributed by atoms with Gasteiger partial charge < -0.3 is 14.4 Å². The van der Waals surface area contributed by atoms with Gasteiger partial charge in [-0.05, 0) is 26.3 Å². The maximum absolute atomic E-state index is 12.2. The van der Waals surface area contributed by atoms with Gasteiger partial charge in [0, 0.05) is 31.8 Å². The SMILES string of the molecule is COc1ccc(C2CN(C(=O)OC(C)(C)C)CCC2=O)cn1. The van der Waals surface area contributed by atoms with Crippen LogP contribution in [-0.2, 0) is 9.53 Å². The zero-order valence-electron chi connectivity index (χ0n) is 13.5. The largest absolute Gasteiger partial charge is 0.481 e. The van der Waals surface area contributed by atoms with Gasteiger partial charge in [-0.15, -0.1) is 0 Å². The van der Waals surface area contributed by atoms with Gasteiger partial charge >= 0.3 is 6.09 Å². The number of piperidine rings is 1. The Morgan fingerprint density at radius 1 is 1.36 bits per heavy atom. The fourth-order valence-electron chi connectivity index (χ4n) is 2.34. The van der Waals surface area contributed by atoms with Crippen LogP contribution in [0.4, 0.5) is 4.79 Å². The number of carbonyl (C=O) groups excluding carboxylic acids is 2. The van der Waals surface area contributed by atoms with E-state index in [9.17, 15) is 9.59 Å². The quantitative estimate of drug-likeness (QED) is 0.839. The summed E-state index contributed by atoms with van der Waals surface area (Å²) in [5, 5.41) is 0. The van der Waals surface area contributed by atoms with Crippen LogP contribution in [0.3, 0.4) is 0 Å². The van der Waals surface area contributed by atoms with Crippen LogP contribution in [0.25, 0.3) is 0 Å². The smallest absolute Gasteiger partial charge is 0.410 e. The minimum absolute atomic E-state index is 0.117. The van der Waals surface area contributed by atoms with Crippen molar-refractivity contribution >= 4 is 11.9 Å². The van der Waals surface area contributed by atoms with E-state index in [-0.39, 0.29) is 17.8 Å². The fourth-order valence-corrected chi connectivity index (χ4v) is 2.34. The topological polar surface area (TPSA) is 68.7 Å². The highest BCUT2D eigenvalue weighted by atomic mass is 16.6. The normalized spacial score (nSPS) is 19.0. The summed E-state index contributed by atoms with van der Waals surface area (Å²) in [6, 6.07) is 3.53. The Balaban J connectivity index is 2.10. The third kappa shape index (κ3) is 3.96. The van der Waals surface area contributed by atoms with Crippen LogP contribution in [-0.4, -0.2) is 47.6 Å². The number of nitrogens with zero attached hydrogens (tertiary/aromatic N) is 2. The van der Waals surface area contributed by atoms with Crippen molar-refractivity contribution in [3.8, 4) is 5.88 Å². The lowest BCUT2D eigenvalue weighted by atomic mass is 9.90. The molecule has 1 amide bonds. The average molecular weight is 306 g/mol. The van der Waals surface area contributed by atoms with Gasteiger partial charge in [-0.25, -0.2) is 9.78 Å². The predicted octanol–water partition coefficient (Wildman–Crippen LogP) is 2.38. The molecule has 1 saturated heterocycles. The van der Waals surface area contributed by atoms with E-state index >= 15 is 0 Å². The number of aromatic nitrogens is 1. The summed E-state index contributed by atoms with van der Waals surface area (Å²) in [5.41, 5.74) is 0.245. The maximum Gasteiger partial charge on any atom is 0.410 e. The first kappa shape index (κ1) is 16.3. The number of methoxy groups -OCH3 is 1. The minimum Gasteiger partial charge on any atom is -0.481 e. The van der Waals surface area contributed by atoms with E-state index in [1.807, 2.05) is 26.8 Å². The van der Waals surface area contributed by atoms with E-state index in [4.69, 9.17) is 9.47 Å². The lowest BCUT2D eigenvalue weighted by Gasteiger charge is -2.33. The molecule has 1 aromatic rings. The molecule has 22 heavy (non-hydrogen) atoms. The Morgan fingerprint density at radius 3 is 2.64 bits per heavy atom. The van der Waals surface area contributed by atoms with Crippen molar-refractivity contribution in [2.75, 3.05) is 20.2 Å². The number of Topliss-reactive ketones (excluding diaryl/α,β-unsaturated/α-hetero) is 1. The predicted molar refractivity (Wildman–Crippen MR) is 81.0 cm³/mol. The molecule has 1 atom stereocenters. The van der Waals surface area contributed by atoms with Gasteiger partial charge in [0.1, 0.15) is 11.4 Å². The van der Waals surface area contributed by atoms with Crippen molar-refractivity contribution in [3.63, 3.8) is 0 Å². The number of amides is 1. The van der Waals surface area contributed by atoms with Crippen LogP contribution in [0.2, 0.25) is 0 Å². The van der Waals surface area contributed by atoms with E-state index < -0.39 is 5.60 Å². The molecule has 1 aliphatic heterocycles. The number of hydrogen-bond donors (Lipinski definition) is 0. The molecule has 0 aliphatic carbocycles. The van der Waals surface area contributed by atoms with Crippen molar-refractivity contribution in [1.29, 1.82) is 0 Å². The Kier molecular flexibility index (Phi) is 4.68. The second-order valence-corrected chi connectivity index (χ2v) is 6.33. The van der Waals surface area contributed by atoms with E-state index in [1.54, 1.807) is 17.2 Å². The van der Waals surface area contributed by atoms with Crippen molar-refractivity contribution < 1.29 is 19.1 Å². The van der Waals surface area contributed by atoms with Gasteiger partial charge in [-0.1, -0.05) is 6.07 Å². The highest BCUT2D eigenvalue weighted by Gasteiger charge is 2.33. The summed E-state index contributed by atoms with van der Waals surface area (Å²) >= 11 is 0. The van der Waals surface area contributed by atoms with E-state index in [1.165, 1.54) is 7.11 Å². The standard InChI is InChI=1S/C16H22N2O4/c1-16(2,3)22-15(20)18-8-7-13(19)12(10-18)11-5-6-14(21-4)17-9-11/h5-6,9,12H,7-8,10H2,1-4H3. The molecule has 1 unspecified atom stereocenters. The number of ketones is 1. The second kappa shape index (κ2) is 6.34. The number of hydrogen-bond acceptors (Lipinski definition) is 5. The van der Waals surface area contributed by atoms with Crippen molar-refractivity contribution in [1.82, 2.24) is 9.88 Å². The van der Waals surface area contributed by atoms with Gasteiger partial charge in [0.05, 0.1) is 13.0 Å². The Bertz CT molecular complexity index is 548.